The number of allylic oxidation sites excluding steroid dienone is 4. The summed E-state index contributed by atoms with van der Waals surface area (Å²) in [5, 5.41) is 17.0. The first-order chi connectivity index (χ1) is 7.90. The number of nitriles is 2. The summed E-state index contributed by atoms with van der Waals surface area (Å²) in [5.41, 5.74) is 0.865. The van der Waals surface area contributed by atoms with Crippen molar-refractivity contribution in [3.63, 3.8) is 0 Å². The van der Waals surface area contributed by atoms with Gasteiger partial charge in [-0.15, -0.1) is 0 Å². The van der Waals surface area contributed by atoms with Crippen molar-refractivity contribution in [2.45, 2.75) is 13.8 Å². The van der Waals surface area contributed by atoms with Crippen LogP contribution in [0.1, 0.15) is 17.9 Å². The maximum Gasteiger partial charge on any atom is 0.206 e. The fourth-order valence-electron chi connectivity index (χ4n) is 1.00. The van der Waals surface area contributed by atoms with E-state index >= 15 is 0 Å². The Bertz CT molecular complexity index is 535. The largest absolute Gasteiger partial charge is 0.206 e. The predicted molar refractivity (Wildman–Crippen MR) is 53.6 cm³/mol. The van der Waals surface area contributed by atoms with Crippen LogP contribution in [0, 0.1) is 22.9 Å². The van der Waals surface area contributed by atoms with Crippen molar-refractivity contribution < 1.29 is 4.11 Å². The van der Waals surface area contributed by atoms with E-state index in [2.05, 4.69) is 9.98 Å². The van der Waals surface area contributed by atoms with Crippen LogP contribution >= 0.6 is 0 Å². The number of hydrogen-bond acceptors (Lipinski definition) is 4. The van der Waals surface area contributed by atoms with E-state index in [1.807, 2.05) is 0 Å². The van der Waals surface area contributed by atoms with Gasteiger partial charge in [0.1, 0.15) is 0 Å². The third-order valence-electron chi connectivity index (χ3n) is 1.66. The SMILES string of the molecule is [2H]C([2H])([2H])C1=CC(=NC#N)C(C)=CC1=NC#N. The zero-order valence-electron chi connectivity index (χ0n) is 10.4. The first-order valence-corrected chi connectivity index (χ1v) is 3.75. The lowest BCUT2D eigenvalue weighted by Crippen LogP contribution is -2.10. The van der Waals surface area contributed by atoms with Crippen LogP contribution in [0.25, 0.3) is 0 Å². The van der Waals surface area contributed by atoms with Crippen molar-refractivity contribution in [3.8, 4) is 12.4 Å². The van der Waals surface area contributed by atoms with Gasteiger partial charge in [-0.05, 0) is 37.1 Å². The normalized spacial score (nSPS) is 25.2. The predicted octanol–water partition coefficient (Wildman–Crippen LogP) is 1.74. The minimum Gasteiger partial charge on any atom is -0.173 e. The molecule has 1 aliphatic carbocycles. The van der Waals surface area contributed by atoms with Gasteiger partial charge in [0, 0.05) is 4.11 Å². The van der Waals surface area contributed by atoms with Gasteiger partial charge in [0.05, 0.1) is 11.4 Å². The Hall–Kier alpha value is -2.20. The Balaban J connectivity index is 3.39. The summed E-state index contributed by atoms with van der Waals surface area (Å²) in [6.45, 7) is -0.737. The molecule has 14 heavy (non-hydrogen) atoms. The van der Waals surface area contributed by atoms with Gasteiger partial charge in [-0.25, -0.2) is 0 Å². The molecule has 0 aromatic heterocycles. The summed E-state index contributed by atoms with van der Waals surface area (Å²) >= 11 is 0. The number of aliphatic imine (C=N–C) groups is 2. The van der Waals surface area contributed by atoms with E-state index in [1.165, 1.54) is 12.2 Å². The van der Waals surface area contributed by atoms with Crippen molar-refractivity contribution in [3.05, 3.63) is 23.3 Å². The molecular formula is C10H8N4. The van der Waals surface area contributed by atoms with Gasteiger partial charge in [0.25, 0.3) is 0 Å². The van der Waals surface area contributed by atoms with Gasteiger partial charge >= 0.3 is 0 Å². The summed E-state index contributed by atoms with van der Waals surface area (Å²) in [6.07, 6.45) is 5.85. The van der Waals surface area contributed by atoms with E-state index in [9.17, 15) is 0 Å². The van der Waals surface area contributed by atoms with E-state index in [-0.39, 0.29) is 17.0 Å². The second-order valence-corrected chi connectivity index (χ2v) is 2.58. The third-order valence-corrected chi connectivity index (χ3v) is 1.66. The Morgan fingerprint density at radius 3 is 2.14 bits per heavy atom. The highest BCUT2D eigenvalue weighted by Gasteiger charge is 2.10. The molecule has 0 radical (unpaired) electrons. The maximum absolute atomic E-state index is 8.50. The molecule has 0 saturated heterocycles. The highest BCUT2D eigenvalue weighted by molar-refractivity contribution is 6.23. The van der Waals surface area contributed by atoms with Crippen molar-refractivity contribution in [1.82, 2.24) is 0 Å². The molecule has 0 atom stereocenters. The highest BCUT2D eigenvalue weighted by atomic mass is 14.8. The first-order valence-electron chi connectivity index (χ1n) is 5.25. The molecule has 0 spiro atoms. The molecule has 0 unspecified atom stereocenters. The average molecular weight is 187 g/mol. The monoisotopic (exact) mass is 187 g/mol. The van der Waals surface area contributed by atoms with Gasteiger partial charge in [0.15, 0.2) is 0 Å². The number of rotatable bonds is 0. The molecule has 0 aromatic carbocycles. The molecule has 1 rings (SSSR count). The molecule has 1 aliphatic rings. The lowest BCUT2D eigenvalue weighted by Gasteiger charge is -2.09. The smallest absolute Gasteiger partial charge is 0.173 e. The van der Waals surface area contributed by atoms with Gasteiger partial charge in [-0.1, -0.05) is 0 Å². The molecule has 0 fully saturated rings. The standard InChI is InChI=1S/C10H8N4/c1-7-3-10(14-6-12)8(2)4-9(7)13-5-11/h3-4H,1-2H3/i1D3. The molecule has 0 N–H and O–H groups in total. The Kier molecular flexibility index (Phi) is 1.86. The third kappa shape index (κ3) is 1.94. The second kappa shape index (κ2) is 4.15. The zero-order chi connectivity index (χ0) is 13.1. The Morgan fingerprint density at radius 2 is 1.64 bits per heavy atom. The summed E-state index contributed by atoms with van der Waals surface area (Å²) in [4.78, 5) is 6.97. The van der Waals surface area contributed by atoms with Gasteiger partial charge in [0.2, 0.25) is 12.4 Å². The van der Waals surface area contributed by atoms with Crippen molar-refractivity contribution in [2.24, 2.45) is 9.98 Å². The second-order valence-electron chi connectivity index (χ2n) is 2.58. The zero-order valence-corrected chi connectivity index (χ0v) is 7.44. The Morgan fingerprint density at radius 1 is 1.14 bits per heavy atom. The molecule has 4 heteroatoms. The lowest BCUT2D eigenvalue weighted by molar-refractivity contribution is 1.39. The maximum atomic E-state index is 8.50. The van der Waals surface area contributed by atoms with E-state index in [1.54, 1.807) is 19.3 Å². The van der Waals surface area contributed by atoms with E-state index in [0.717, 1.165) is 0 Å². The van der Waals surface area contributed by atoms with E-state index < -0.39 is 6.85 Å². The fourth-order valence-corrected chi connectivity index (χ4v) is 1.00. The van der Waals surface area contributed by atoms with Crippen molar-refractivity contribution >= 4 is 11.4 Å². The quantitative estimate of drug-likeness (QED) is 0.428. The van der Waals surface area contributed by atoms with Crippen LogP contribution < -0.4 is 0 Å². The van der Waals surface area contributed by atoms with E-state index in [4.69, 9.17) is 14.6 Å². The molecule has 0 amide bonds. The fraction of sp³-hybridized carbons (Fsp3) is 0.200. The highest BCUT2D eigenvalue weighted by Crippen LogP contribution is 2.13. The summed E-state index contributed by atoms with van der Waals surface area (Å²) in [7, 11) is 0. The molecule has 0 saturated carbocycles. The molecular weight excluding hydrogens is 176 g/mol. The van der Waals surface area contributed by atoms with Crippen LogP contribution in [0.4, 0.5) is 0 Å². The lowest BCUT2D eigenvalue weighted by atomic mass is 9.98. The summed E-state index contributed by atoms with van der Waals surface area (Å²) in [5.74, 6) is 0. The molecule has 0 aliphatic heterocycles. The minimum atomic E-state index is -2.40. The van der Waals surface area contributed by atoms with Crippen LogP contribution in [-0.2, 0) is 0 Å². The molecule has 0 heterocycles. The van der Waals surface area contributed by atoms with Gasteiger partial charge < -0.3 is 0 Å². The summed E-state index contributed by atoms with van der Waals surface area (Å²) in [6, 6.07) is 0. The van der Waals surface area contributed by atoms with Crippen LogP contribution in [0.15, 0.2) is 33.3 Å². The number of hydrogen-bond donors (Lipinski definition) is 0. The van der Waals surface area contributed by atoms with Crippen molar-refractivity contribution in [1.29, 1.82) is 10.5 Å². The van der Waals surface area contributed by atoms with Crippen molar-refractivity contribution in [2.75, 3.05) is 0 Å². The van der Waals surface area contributed by atoms with Gasteiger partial charge in [-0.3, -0.25) is 0 Å². The van der Waals surface area contributed by atoms with Crippen LogP contribution in [0.3, 0.4) is 0 Å². The molecule has 0 aromatic rings. The van der Waals surface area contributed by atoms with Crippen LogP contribution in [0.2, 0.25) is 0 Å². The average Bonchev–Trinajstić information content (AvgIpc) is 2.20. The molecule has 68 valence electrons. The van der Waals surface area contributed by atoms with Crippen LogP contribution in [0.5, 0.6) is 0 Å². The Labute approximate surface area is 86.4 Å². The number of nitrogens with zero attached hydrogens (tertiary/aromatic N) is 4. The topological polar surface area (TPSA) is 72.3 Å². The van der Waals surface area contributed by atoms with E-state index in [0.29, 0.717) is 5.57 Å². The molecule has 4 nitrogen and oxygen atoms in total. The minimum absolute atomic E-state index is 0.0846. The summed E-state index contributed by atoms with van der Waals surface area (Å²) < 4.78 is 22.0. The van der Waals surface area contributed by atoms with Crippen LogP contribution in [-0.4, -0.2) is 11.4 Å². The molecule has 0 bridgehead atoms. The van der Waals surface area contributed by atoms with Gasteiger partial charge in [-0.2, -0.15) is 20.5 Å². The first kappa shape index (κ1) is 6.28.